The Kier molecular flexibility index (Phi) is 6.84. The SMILES string of the molecule is Cc1cc(Nc2nc(Nc3ccc(C(=O)NC4CC(C)(C)N([O])C(C)(C)C4)cc3)ncc2[N+](=O)[O-])no1. The molecule has 0 unspecified atom stereocenters. The first-order valence-corrected chi connectivity index (χ1v) is 11.7. The van der Waals surface area contributed by atoms with E-state index in [2.05, 4.69) is 31.1 Å². The van der Waals surface area contributed by atoms with E-state index in [0.717, 1.165) is 11.3 Å². The van der Waals surface area contributed by atoms with Gasteiger partial charge in [-0.1, -0.05) is 5.16 Å². The zero-order chi connectivity index (χ0) is 27.0. The summed E-state index contributed by atoms with van der Waals surface area (Å²) < 4.78 is 4.98. The van der Waals surface area contributed by atoms with Gasteiger partial charge in [0.25, 0.3) is 5.91 Å². The van der Waals surface area contributed by atoms with Crippen LogP contribution in [0, 0.1) is 17.0 Å². The van der Waals surface area contributed by atoms with Gasteiger partial charge in [-0.25, -0.2) is 4.98 Å². The van der Waals surface area contributed by atoms with Crippen LogP contribution in [0.1, 0.15) is 56.7 Å². The Balaban J connectivity index is 1.44. The second kappa shape index (κ2) is 9.75. The number of aryl methyl sites for hydroxylation is 1. The molecule has 0 saturated carbocycles. The van der Waals surface area contributed by atoms with Gasteiger partial charge >= 0.3 is 5.69 Å². The Hall–Kier alpha value is -4.10. The van der Waals surface area contributed by atoms with E-state index in [1.54, 1.807) is 37.3 Å². The van der Waals surface area contributed by atoms with Crippen molar-refractivity contribution in [3.8, 4) is 0 Å². The molecule has 13 nitrogen and oxygen atoms in total. The summed E-state index contributed by atoms with van der Waals surface area (Å²) in [4.78, 5) is 31.9. The molecule has 0 aliphatic carbocycles. The van der Waals surface area contributed by atoms with Crippen molar-refractivity contribution in [1.29, 1.82) is 0 Å². The summed E-state index contributed by atoms with van der Waals surface area (Å²) in [5, 5.41) is 37.6. The minimum absolute atomic E-state index is 0.0539. The fourth-order valence-corrected chi connectivity index (χ4v) is 4.68. The summed E-state index contributed by atoms with van der Waals surface area (Å²) in [7, 11) is 0. The normalized spacial score (nSPS) is 17.2. The molecule has 1 amide bonds. The molecule has 195 valence electrons. The maximum Gasteiger partial charge on any atom is 0.330 e. The van der Waals surface area contributed by atoms with Gasteiger partial charge in [-0.3, -0.25) is 14.9 Å². The fourth-order valence-electron chi connectivity index (χ4n) is 4.68. The van der Waals surface area contributed by atoms with E-state index in [1.807, 2.05) is 27.7 Å². The van der Waals surface area contributed by atoms with Crippen LogP contribution in [0.15, 0.2) is 41.1 Å². The number of rotatable bonds is 7. The lowest BCUT2D eigenvalue weighted by molar-refractivity contribution is -0.384. The van der Waals surface area contributed by atoms with Crippen LogP contribution in [0.3, 0.4) is 0 Å². The van der Waals surface area contributed by atoms with Gasteiger partial charge in [0.15, 0.2) is 5.82 Å². The Labute approximate surface area is 213 Å². The number of hydrogen-bond acceptors (Lipinski definition) is 10. The van der Waals surface area contributed by atoms with Crippen molar-refractivity contribution in [3.05, 3.63) is 58.0 Å². The molecule has 3 aromatic rings. The number of benzene rings is 1. The molecule has 0 spiro atoms. The third-order valence-corrected chi connectivity index (χ3v) is 6.17. The Morgan fingerprint density at radius 1 is 1.14 bits per heavy atom. The monoisotopic (exact) mass is 509 g/mol. The largest absolute Gasteiger partial charge is 0.360 e. The number of carbonyl (C=O) groups is 1. The number of hydrogen-bond donors (Lipinski definition) is 3. The molecule has 1 aliphatic rings. The lowest BCUT2D eigenvalue weighted by atomic mass is 9.79. The maximum atomic E-state index is 12.9. The first kappa shape index (κ1) is 26.0. The first-order valence-electron chi connectivity index (χ1n) is 11.7. The summed E-state index contributed by atoms with van der Waals surface area (Å²) in [5.74, 6) is 0.628. The molecule has 1 aromatic carbocycles. The summed E-state index contributed by atoms with van der Waals surface area (Å²) in [5.41, 5.74) is -0.460. The van der Waals surface area contributed by atoms with E-state index in [4.69, 9.17) is 4.52 Å². The number of amides is 1. The molecule has 4 rings (SSSR count). The predicted molar refractivity (Wildman–Crippen MR) is 134 cm³/mol. The number of nitrogens with one attached hydrogen (secondary N) is 3. The summed E-state index contributed by atoms with van der Waals surface area (Å²) in [6, 6.07) is 8.12. The standard InChI is InChI=1S/C24H29N8O5/c1-14-10-19(30-37-14)28-20-18(31(34)35)13-25-22(29-20)27-16-8-6-15(7-9-16)21(33)26-17-11-23(2,3)32(36)24(4,5)12-17/h6-10,13,17H,11-12H2,1-5H3,(H,26,33)(H2,25,27,28,29,30). The zero-order valence-corrected chi connectivity index (χ0v) is 21.2. The molecule has 1 aliphatic heterocycles. The van der Waals surface area contributed by atoms with Crippen LogP contribution in [0.4, 0.5) is 29.0 Å². The summed E-state index contributed by atoms with van der Waals surface area (Å²) in [6.07, 6.45) is 2.18. The van der Waals surface area contributed by atoms with Crippen molar-refractivity contribution in [3.63, 3.8) is 0 Å². The van der Waals surface area contributed by atoms with Crippen LogP contribution in [0.2, 0.25) is 0 Å². The molecular weight excluding hydrogens is 480 g/mol. The van der Waals surface area contributed by atoms with E-state index in [-0.39, 0.29) is 35.2 Å². The van der Waals surface area contributed by atoms with Crippen molar-refractivity contribution in [2.75, 3.05) is 10.6 Å². The molecule has 0 bridgehead atoms. The van der Waals surface area contributed by atoms with Crippen molar-refractivity contribution in [1.82, 2.24) is 25.5 Å². The number of carbonyl (C=O) groups excluding carboxylic acids is 1. The molecular formula is C24H29N8O5. The quantitative estimate of drug-likeness (QED) is 0.308. The van der Waals surface area contributed by atoms with Gasteiger partial charge in [-0.05, 0) is 71.7 Å². The molecule has 1 radical (unpaired) electrons. The van der Waals surface area contributed by atoms with Crippen LogP contribution < -0.4 is 16.0 Å². The third-order valence-electron chi connectivity index (χ3n) is 6.17. The van der Waals surface area contributed by atoms with Gasteiger partial charge in [-0.2, -0.15) is 4.98 Å². The Bertz CT molecular complexity index is 1290. The van der Waals surface area contributed by atoms with Crippen molar-refractivity contribution in [2.24, 2.45) is 0 Å². The second-order valence-corrected chi connectivity index (χ2v) is 10.3. The fraction of sp³-hybridized carbons (Fsp3) is 0.417. The Morgan fingerprint density at radius 2 is 1.78 bits per heavy atom. The molecule has 0 atom stereocenters. The highest BCUT2D eigenvalue weighted by atomic mass is 16.6. The highest BCUT2D eigenvalue weighted by Gasteiger charge is 2.46. The minimum Gasteiger partial charge on any atom is -0.360 e. The molecule has 2 aromatic heterocycles. The van der Waals surface area contributed by atoms with Crippen LogP contribution in [0.5, 0.6) is 0 Å². The lowest BCUT2D eigenvalue weighted by Gasteiger charge is -2.50. The molecule has 3 N–H and O–H groups in total. The molecule has 13 heteroatoms. The van der Waals surface area contributed by atoms with Crippen LogP contribution in [0.25, 0.3) is 0 Å². The summed E-state index contributed by atoms with van der Waals surface area (Å²) >= 11 is 0. The number of piperidine rings is 1. The summed E-state index contributed by atoms with van der Waals surface area (Å²) in [6.45, 7) is 9.23. The van der Waals surface area contributed by atoms with Crippen LogP contribution in [-0.2, 0) is 5.21 Å². The predicted octanol–water partition coefficient (Wildman–Crippen LogP) is 4.27. The smallest absolute Gasteiger partial charge is 0.330 e. The van der Waals surface area contributed by atoms with Gasteiger partial charge in [0.05, 0.1) is 4.92 Å². The number of hydroxylamine groups is 2. The number of aromatic nitrogens is 3. The van der Waals surface area contributed by atoms with Gasteiger partial charge in [0.1, 0.15) is 12.0 Å². The average molecular weight is 510 g/mol. The Morgan fingerprint density at radius 3 is 2.35 bits per heavy atom. The van der Waals surface area contributed by atoms with E-state index >= 15 is 0 Å². The maximum absolute atomic E-state index is 12.9. The van der Waals surface area contributed by atoms with E-state index < -0.39 is 16.0 Å². The second-order valence-electron chi connectivity index (χ2n) is 10.3. The van der Waals surface area contributed by atoms with Gasteiger partial charge in [-0.15, -0.1) is 10.3 Å². The van der Waals surface area contributed by atoms with Crippen molar-refractivity contribution in [2.45, 2.75) is 64.6 Å². The topological polar surface area (TPSA) is 171 Å². The van der Waals surface area contributed by atoms with Gasteiger partial charge in [0.2, 0.25) is 11.8 Å². The molecule has 1 saturated heterocycles. The van der Waals surface area contributed by atoms with Crippen LogP contribution >= 0.6 is 0 Å². The molecule has 37 heavy (non-hydrogen) atoms. The first-order chi connectivity index (χ1) is 17.3. The minimum atomic E-state index is -0.602. The number of anilines is 4. The number of nitrogens with zero attached hydrogens (tertiary/aromatic N) is 5. The third kappa shape index (κ3) is 5.84. The average Bonchev–Trinajstić information content (AvgIpc) is 3.22. The van der Waals surface area contributed by atoms with Crippen LogP contribution in [-0.4, -0.2) is 48.1 Å². The van der Waals surface area contributed by atoms with Gasteiger partial charge in [0, 0.05) is 34.4 Å². The van der Waals surface area contributed by atoms with Crippen molar-refractivity contribution < 1.29 is 19.4 Å². The molecule has 1 fully saturated rings. The zero-order valence-electron chi connectivity index (χ0n) is 21.2. The van der Waals surface area contributed by atoms with Gasteiger partial charge < -0.3 is 20.5 Å². The number of nitro groups is 1. The lowest BCUT2D eigenvalue weighted by Crippen LogP contribution is -2.62. The van der Waals surface area contributed by atoms with E-state index in [9.17, 15) is 20.1 Å². The van der Waals surface area contributed by atoms with E-state index in [1.165, 1.54) is 0 Å². The highest BCUT2D eigenvalue weighted by Crippen LogP contribution is 2.37. The highest BCUT2D eigenvalue weighted by molar-refractivity contribution is 5.94. The van der Waals surface area contributed by atoms with Crippen molar-refractivity contribution >= 4 is 34.9 Å². The van der Waals surface area contributed by atoms with E-state index in [0.29, 0.717) is 29.9 Å². The molecule has 3 heterocycles.